The summed E-state index contributed by atoms with van der Waals surface area (Å²) in [6.45, 7) is 1.94. The number of carbonyl (C=O) groups is 1. The number of aliphatic hydroxyl groups is 1. The summed E-state index contributed by atoms with van der Waals surface area (Å²) in [6, 6.07) is 9.04. The normalized spacial score (nSPS) is 22.5. The zero-order valence-electron chi connectivity index (χ0n) is 13.5. The van der Waals surface area contributed by atoms with E-state index < -0.39 is 6.10 Å². The lowest BCUT2D eigenvalue weighted by atomic mass is 9.83. The highest BCUT2D eigenvalue weighted by Gasteiger charge is 2.42. The van der Waals surface area contributed by atoms with E-state index in [1.807, 2.05) is 25.3 Å². The summed E-state index contributed by atoms with van der Waals surface area (Å²) in [7, 11) is 0. The van der Waals surface area contributed by atoms with Gasteiger partial charge in [-0.15, -0.1) is 0 Å². The number of nitriles is 1. The Morgan fingerprint density at radius 1 is 1.46 bits per heavy atom. The molecule has 1 aliphatic carbocycles. The van der Waals surface area contributed by atoms with Crippen LogP contribution in [0.5, 0.6) is 0 Å². The highest BCUT2D eigenvalue weighted by atomic mass is 16.3. The van der Waals surface area contributed by atoms with Crippen molar-refractivity contribution in [2.45, 2.75) is 44.4 Å². The first-order valence-electron chi connectivity index (χ1n) is 8.04. The molecule has 1 heterocycles. The molecule has 1 saturated carbocycles. The summed E-state index contributed by atoms with van der Waals surface area (Å²) in [5.74, 6) is -0.0369. The van der Waals surface area contributed by atoms with Crippen molar-refractivity contribution in [3.05, 3.63) is 53.3 Å². The van der Waals surface area contributed by atoms with Crippen molar-refractivity contribution >= 4 is 5.91 Å². The number of aromatic nitrogens is 2. The summed E-state index contributed by atoms with van der Waals surface area (Å²) in [5, 5.41) is 26.0. The fourth-order valence-electron chi connectivity index (χ4n) is 3.00. The van der Waals surface area contributed by atoms with Gasteiger partial charge in [-0.25, -0.2) is 0 Å². The van der Waals surface area contributed by atoms with E-state index in [0.717, 1.165) is 11.1 Å². The lowest BCUT2D eigenvalue weighted by Crippen LogP contribution is -2.56. The molecule has 1 aromatic heterocycles. The second kappa shape index (κ2) is 6.85. The number of nitrogens with zero attached hydrogens (tertiary/aromatic N) is 3. The Balaban J connectivity index is 1.52. The smallest absolute Gasteiger partial charge is 0.220 e. The molecule has 1 amide bonds. The van der Waals surface area contributed by atoms with Crippen molar-refractivity contribution < 1.29 is 9.90 Å². The molecular formula is C18H20N4O2. The van der Waals surface area contributed by atoms with Crippen molar-refractivity contribution in [3.63, 3.8) is 0 Å². The van der Waals surface area contributed by atoms with E-state index in [1.165, 1.54) is 0 Å². The predicted molar refractivity (Wildman–Crippen MR) is 88.0 cm³/mol. The highest BCUT2D eigenvalue weighted by Crippen LogP contribution is 2.32. The zero-order valence-corrected chi connectivity index (χ0v) is 13.5. The van der Waals surface area contributed by atoms with Crippen LogP contribution < -0.4 is 5.32 Å². The molecule has 1 fully saturated rings. The minimum atomic E-state index is -0.479. The van der Waals surface area contributed by atoms with E-state index in [2.05, 4.69) is 16.5 Å². The van der Waals surface area contributed by atoms with Crippen molar-refractivity contribution in [1.82, 2.24) is 15.1 Å². The molecular weight excluding hydrogens is 304 g/mol. The number of hydrogen-bond acceptors (Lipinski definition) is 4. The molecule has 3 atom stereocenters. The maximum atomic E-state index is 12.2. The maximum absolute atomic E-state index is 12.2. The van der Waals surface area contributed by atoms with Crippen molar-refractivity contribution in [2.24, 2.45) is 0 Å². The van der Waals surface area contributed by atoms with Gasteiger partial charge in [0, 0.05) is 12.6 Å². The van der Waals surface area contributed by atoms with Crippen molar-refractivity contribution in [2.75, 3.05) is 0 Å². The monoisotopic (exact) mass is 324 g/mol. The van der Waals surface area contributed by atoms with Crippen LogP contribution in [0.25, 0.3) is 0 Å². The second-order valence-electron chi connectivity index (χ2n) is 6.27. The van der Waals surface area contributed by atoms with Gasteiger partial charge in [-0.1, -0.05) is 12.1 Å². The van der Waals surface area contributed by atoms with Gasteiger partial charge in [0.15, 0.2) is 0 Å². The van der Waals surface area contributed by atoms with E-state index in [4.69, 9.17) is 5.26 Å². The largest absolute Gasteiger partial charge is 0.391 e. The average molecular weight is 324 g/mol. The highest BCUT2D eigenvalue weighted by molar-refractivity contribution is 5.76. The molecule has 0 spiro atoms. The molecule has 0 bridgehead atoms. The lowest BCUT2D eigenvalue weighted by molar-refractivity contribution is -0.124. The average Bonchev–Trinajstić information content (AvgIpc) is 2.98. The number of carbonyl (C=O) groups excluding carboxylic acids is 1. The van der Waals surface area contributed by atoms with Crippen LogP contribution in [0.4, 0.5) is 0 Å². The molecule has 124 valence electrons. The number of rotatable bonds is 5. The Hall–Kier alpha value is -2.65. The van der Waals surface area contributed by atoms with Crippen LogP contribution >= 0.6 is 0 Å². The maximum Gasteiger partial charge on any atom is 0.220 e. The molecule has 2 aromatic rings. The third kappa shape index (κ3) is 3.47. The predicted octanol–water partition coefficient (Wildman–Crippen LogP) is 1.49. The fraction of sp³-hybridized carbons (Fsp3) is 0.389. The molecule has 1 aromatic carbocycles. The molecule has 0 aliphatic heterocycles. The van der Waals surface area contributed by atoms with Gasteiger partial charge >= 0.3 is 0 Å². The van der Waals surface area contributed by atoms with Crippen LogP contribution in [0, 0.1) is 18.3 Å². The third-order valence-electron chi connectivity index (χ3n) is 4.41. The van der Waals surface area contributed by atoms with Gasteiger partial charge < -0.3 is 10.4 Å². The van der Waals surface area contributed by atoms with E-state index >= 15 is 0 Å². The van der Waals surface area contributed by atoms with E-state index in [9.17, 15) is 9.90 Å². The number of hydrogen-bond donors (Lipinski definition) is 2. The van der Waals surface area contributed by atoms with Gasteiger partial charge in [0.05, 0.1) is 36.0 Å². The van der Waals surface area contributed by atoms with Crippen LogP contribution in [-0.2, 0) is 11.2 Å². The Morgan fingerprint density at radius 3 is 2.79 bits per heavy atom. The minimum absolute atomic E-state index is 0.0369. The molecule has 0 radical (unpaired) electrons. The van der Waals surface area contributed by atoms with Crippen LogP contribution in [0.2, 0.25) is 0 Å². The molecule has 6 nitrogen and oxygen atoms in total. The third-order valence-corrected chi connectivity index (χ3v) is 4.41. The number of aryl methyl sites for hydroxylation is 2. The first kappa shape index (κ1) is 16.2. The molecule has 0 unspecified atom stereocenters. The Kier molecular flexibility index (Phi) is 4.63. The topological polar surface area (TPSA) is 90.9 Å². The van der Waals surface area contributed by atoms with Gasteiger partial charge in [-0.3, -0.25) is 9.48 Å². The number of nitrogens with one attached hydrogen (secondary N) is 1. The van der Waals surface area contributed by atoms with E-state index in [-0.39, 0.29) is 18.0 Å². The van der Waals surface area contributed by atoms with Gasteiger partial charge in [0.25, 0.3) is 0 Å². The van der Waals surface area contributed by atoms with Crippen LogP contribution in [0.15, 0.2) is 36.7 Å². The molecule has 2 N–H and O–H groups in total. The number of benzene rings is 1. The minimum Gasteiger partial charge on any atom is -0.391 e. The summed E-state index contributed by atoms with van der Waals surface area (Å²) in [4.78, 5) is 12.2. The van der Waals surface area contributed by atoms with E-state index in [0.29, 0.717) is 24.8 Å². The van der Waals surface area contributed by atoms with Gasteiger partial charge in [-0.05, 0) is 43.0 Å². The number of aliphatic hydroxyl groups excluding tert-OH is 1. The van der Waals surface area contributed by atoms with Gasteiger partial charge in [0.2, 0.25) is 5.91 Å². The molecule has 0 saturated heterocycles. The first-order valence-corrected chi connectivity index (χ1v) is 8.04. The molecule has 6 heteroatoms. The quantitative estimate of drug-likeness (QED) is 0.871. The van der Waals surface area contributed by atoms with Gasteiger partial charge in [-0.2, -0.15) is 10.4 Å². The Bertz CT molecular complexity index is 760. The molecule has 1 aliphatic rings. The summed E-state index contributed by atoms with van der Waals surface area (Å²) >= 11 is 0. The van der Waals surface area contributed by atoms with Crippen LogP contribution in [0.1, 0.15) is 35.6 Å². The second-order valence-corrected chi connectivity index (χ2v) is 6.27. The lowest BCUT2D eigenvalue weighted by Gasteiger charge is -2.41. The number of amides is 1. The van der Waals surface area contributed by atoms with Gasteiger partial charge in [0.1, 0.15) is 0 Å². The van der Waals surface area contributed by atoms with E-state index in [1.54, 1.807) is 23.0 Å². The Labute approximate surface area is 140 Å². The van der Waals surface area contributed by atoms with Crippen molar-refractivity contribution in [3.8, 4) is 6.07 Å². The summed E-state index contributed by atoms with van der Waals surface area (Å²) in [6.07, 6.45) is 4.69. The van der Waals surface area contributed by atoms with Crippen LogP contribution in [-0.4, -0.2) is 32.9 Å². The molecule has 24 heavy (non-hydrogen) atoms. The zero-order chi connectivity index (χ0) is 17.1. The molecule has 3 rings (SSSR count). The fourth-order valence-corrected chi connectivity index (χ4v) is 3.00. The summed E-state index contributed by atoms with van der Waals surface area (Å²) in [5.41, 5.74) is 2.67. The Morgan fingerprint density at radius 2 is 2.21 bits per heavy atom. The SMILES string of the molecule is Cc1cnn([C@H]2[C@H](O)C[C@@H]2NC(=O)CCc2ccc(C#N)cc2)c1. The standard InChI is InChI=1S/C18H20N4O2/c1-12-10-20-22(11-12)18-15(8-16(18)23)21-17(24)7-6-13-2-4-14(9-19)5-3-13/h2-5,10-11,15-16,18,23H,6-8H2,1H3,(H,21,24)/t15-,16+,18+/m0/s1. The van der Waals surface area contributed by atoms with Crippen LogP contribution in [0.3, 0.4) is 0 Å². The summed E-state index contributed by atoms with van der Waals surface area (Å²) < 4.78 is 1.73. The van der Waals surface area contributed by atoms with Crippen molar-refractivity contribution in [1.29, 1.82) is 5.26 Å². The first-order chi connectivity index (χ1) is 11.6.